The molecule has 0 spiro atoms. The molecule has 0 aliphatic heterocycles. The summed E-state index contributed by atoms with van der Waals surface area (Å²) in [5.74, 6) is -1.95. The lowest BCUT2D eigenvalue weighted by atomic mass is 10.2. The maximum Gasteiger partial charge on any atom is 0.356 e. The first-order valence-corrected chi connectivity index (χ1v) is 5.97. The van der Waals surface area contributed by atoms with Crippen LogP contribution in [-0.4, -0.2) is 36.5 Å². The number of carbonyl (C=O) groups is 2. The van der Waals surface area contributed by atoms with Gasteiger partial charge in [-0.2, -0.15) is 0 Å². The third kappa shape index (κ3) is 2.10. The first-order valence-electron chi connectivity index (χ1n) is 5.97. The van der Waals surface area contributed by atoms with Crippen molar-refractivity contribution in [2.45, 2.75) is 0 Å². The summed E-state index contributed by atoms with van der Waals surface area (Å²) >= 11 is 0. The molecule has 0 radical (unpaired) electrons. The van der Waals surface area contributed by atoms with E-state index in [1.807, 2.05) is 0 Å². The van der Waals surface area contributed by atoms with Crippen molar-refractivity contribution in [2.24, 2.45) is 0 Å². The van der Waals surface area contributed by atoms with Crippen LogP contribution in [-0.2, 0) is 0 Å². The smallest absolute Gasteiger partial charge is 0.356 e. The highest BCUT2D eigenvalue weighted by Gasteiger charge is 2.19. The third-order valence-corrected chi connectivity index (χ3v) is 3.01. The van der Waals surface area contributed by atoms with Gasteiger partial charge in [0.2, 0.25) is 0 Å². The molecule has 0 atom stereocenters. The van der Waals surface area contributed by atoms with Gasteiger partial charge >= 0.3 is 11.9 Å². The van der Waals surface area contributed by atoms with Crippen LogP contribution < -0.4 is 0 Å². The molecule has 0 fully saturated rings. The Morgan fingerprint density at radius 3 is 2.57 bits per heavy atom. The van der Waals surface area contributed by atoms with E-state index in [0.717, 1.165) is 0 Å². The van der Waals surface area contributed by atoms with E-state index in [-0.39, 0.29) is 16.8 Å². The molecule has 0 aliphatic rings. The van der Waals surface area contributed by atoms with Crippen LogP contribution in [0.4, 0.5) is 0 Å². The lowest BCUT2D eigenvalue weighted by Gasteiger charge is -2.01. The quantitative estimate of drug-likeness (QED) is 0.759. The van der Waals surface area contributed by atoms with Gasteiger partial charge in [0.1, 0.15) is 5.82 Å². The normalized spacial score (nSPS) is 10.7. The highest BCUT2D eigenvalue weighted by Crippen LogP contribution is 2.23. The Morgan fingerprint density at radius 1 is 1.14 bits per heavy atom. The van der Waals surface area contributed by atoms with Gasteiger partial charge in [-0.1, -0.05) is 0 Å². The summed E-state index contributed by atoms with van der Waals surface area (Å²) in [5, 5.41) is 18.2. The Kier molecular flexibility index (Phi) is 2.87. The zero-order valence-corrected chi connectivity index (χ0v) is 10.6. The van der Waals surface area contributed by atoms with Gasteiger partial charge in [0.05, 0.1) is 11.1 Å². The van der Waals surface area contributed by atoms with Gasteiger partial charge < -0.3 is 10.2 Å². The first-order chi connectivity index (χ1) is 10.1. The lowest BCUT2D eigenvalue weighted by Crippen LogP contribution is -2.00. The summed E-state index contributed by atoms with van der Waals surface area (Å²) in [6.07, 6.45) is 4.64. The number of nitrogens with zero attached hydrogens (tertiary/aromatic N) is 3. The Bertz CT molecular complexity index is 855. The maximum absolute atomic E-state index is 11.3. The van der Waals surface area contributed by atoms with Crippen LogP contribution in [0.5, 0.6) is 0 Å². The van der Waals surface area contributed by atoms with Crippen LogP contribution in [0.15, 0.2) is 42.9 Å². The van der Waals surface area contributed by atoms with Gasteiger partial charge in [0.15, 0.2) is 5.69 Å². The number of hydrogen-bond acceptors (Lipinski definition) is 4. The Balaban J connectivity index is 2.33. The fraction of sp³-hybridized carbons (Fsp3) is 0. The number of aromatic nitrogens is 3. The molecule has 0 saturated heterocycles. The van der Waals surface area contributed by atoms with E-state index < -0.39 is 11.9 Å². The minimum Gasteiger partial charge on any atom is -0.478 e. The molecule has 0 aliphatic carbocycles. The average Bonchev–Trinajstić information content (AvgIpc) is 2.87. The number of fused-ring (bicyclic) bond motifs is 1. The lowest BCUT2D eigenvalue weighted by molar-refractivity contribution is 0.0682. The zero-order chi connectivity index (χ0) is 15.0. The number of aromatic carboxylic acids is 2. The second-order valence-electron chi connectivity index (χ2n) is 4.31. The summed E-state index contributed by atoms with van der Waals surface area (Å²) in [7, 11) is 0. The topological polar surface area (TPSA) is 105 Å². The summed E-state index contributed by atoms with van der Waals surface area (Å²) in [5.41, 5.74) is 0.670. The summed E-state index contributed by atoms with van der Waals surface area (Å²) in [6.45, 7) is 0. The van der Waals surface area contributed by atoms with Crippen LogP contribution in [0.25, 0.3) is 16.9 Å². The minimum atomic E-state index is -1.22. The van der Waals surface area contributed by atoms with E-state index in [0.29, 0.717) is 11.4 Å². The molecular weight excluding hydrogens is 274 g/mol. The van der Waals surface area contributed by atoms with Crippen molar-refractivity contribution in [3.05, 3.63) is 54.1 Å². The first kappa shape index (κ1) is 12.8. The number of carboxylic acids is 2. The van der Waals surface area contributed by atoms with Gasteiger partial charge in [0, 0.05) is 24.2 Å². The molecule has 3 heterocycles. The van der Waals surface area contributed by atoms with Crippen molar-refractivity contribution in [3.8, 4) is 11.4 Å². The number of rotatable bonds is 3. The summed E-state index contributed by atoms with van der Waals surface area (Å²) in [4.78, 5) is 30.4. The van der Waals surface area contributed by atoms with Crippen LogP contribution in [0, 0.1) is 0 Å². The molecule has 0 unspecified atom stereocenters. The van der Waals surface area contributed by atoms with E-state index in [1.165, 1.54) is 22.7 Å². The molecule has 0 saturated carbocycles. The van der Waals surface area contributed by atoms with Gasteiger partial charge in [-0.25, -0.2) is 14.6 Å². The maximum atomic E-state index is 11.3. The molecule has 0 bridgehead atoms. The SMILES string of the molecule is O=C(O)c1ccn2c(-c3cccnc3)nc(C(=O)O)c2c1. The van der Waals surface area contributed by atoms with E-state index >= 15 is 0 Å². The fourth-order valence-corrected chi connectivity index (χ4v) is 2.07. The van der Waals surface area contributed by atoms with Gasteiger partial charge in [-0.3, -0.25) is 9.38 Å². The molecule has 3 aromatic heterocycles. The second kappa shape index (κ2) is 4.71. The molecule has 21 heavy (non-hydrogen) atoms. The van der Waals surface area contributed by atoms with Crippen LogP contribution in [0.1, 0.15) is 20.8 Å². The molecule has 7 heteroatoms. The van der Waals surface area contributed by atoms with Crippen LogP contribution >= 0.6 is 0 Å². The number of hydrogen-bond donors (Lipinski definition) is 2. The molecule has 104 valence electrons. The van der Waals surface area contributed by atoms with E-state index in [4.69, 9.17) is 5.11 Å². The minimum absolute atomic E-state index is 0.00244. The van der Waals surface area contributed by atoms with Crippen molar-refractivity contribution in [1.29, 1.82) is 0 Å². The zero-order valence-electron chi connectivity index (χ0n) is 10.6. The van der Waals surface area contributed by atoms with Crippen molar-refractivity contribution >= 4 is 17.5 Å². The van der Waals surface area contributed by atoms with Gasteiger partial charge in [-0.05, 0) is 24.3 Å². The van der Waals surface area contributed by atoms with Crippen LogP contribution in [0.3, 0.4) is 0 Å². The van der Waals surface area contributed by atoms with E-state index in [2.05, 4.69) is 9.97 Å². The standard InChI is InChI=1S/C14H9N3O4/c18-13(19)8-3-5-17-10(6-8)11(14(20)21)16-12(17)9-2-1-4-15-7-9/h1-7H,(H,18,19)(H,20,21). The predicted molar refractivity (Wildman–Crippen MR) is 72.3 cm³/mol. The van der Waals surface area contributed by atoms with Gasteiger partial charge in [-0.15, -0.1) is 0 Å². The van der Waals surface area contributed by atoms with Crippen LogP contribution in [0.2, 0.25) is 0 Å². The van der Waals surface area contributed by atoms with Gasteiger partial charge in [0.25, 0.3) is 0 Å². The molecule has 3 aromatic rings. The van der Waals surface area contributed by atoms with Crippen molar-refractivity contribution in [2.75, 3.05) is 0 Å². The monoisotopic (exact) mass is 283 g/mol. The average molecular weight is 283 g/mol. The molecule has 2 N–H and O–H groups in total. The highest BCUT2D eigenvalue weighted by molar-refractivity contribution is 5.97. The highest BCUT2D eigenvalue weighted by atomic mass is 16.4. The number of imidazole rings is 1. The van der Waals surface area contributed by atoms with Crippen molar-refractivity contribution in [3.63, 3.8) is 0 Å². The fourth-order valence-electron chi connectivity index (χ4n) is 2.07. The molecule has 0 aromatic carbocycles. The van der Waals surface area contributed by atoms with E-state index in [1.54, 1.807) is 24.5 Å². The van der Waals surface area contributed by atoms with Crippen molar-refractivity contribution < 1.29 is 19.8 Å². The largest absolute Gasteiger partial charge is 0.478 e. The Morgan fingerprint density at radius 2 is 1.95 bits per heavy atom. The second-order valence-corrected chi connectivity index (χ2v) is 4.31. The molecular formula is C14H9N3O4. The molecule has 3 rings (SSSR count). The summed E-state index contributed by atoms with van der Waals surface area (Å²) < 4.78 is 1.53. The Labute approximate surface area is 118 Å². The summed E-state index contributed by atoms with van der Waals surface area (Å²) in [6, 6.07) is 6.14. The predicted octanol–water partition coefficient (Wildman–Crippen LogP) is 1.79. The third-order valence-electron chi connectivity index (χ3n) is 3.01. The Hall–Kier alpha value is -3.22. The molecule has 0 amide bonds. The number of pyridine rings is 2. The van der Waals surface area contributed by atoms with Crippen molar-refractivity contribution in [1.82, 2.24) is 14.4 Å². The number of carboxylic acid groups (broad SMARTS) is 2. The molecule has 7 nitrogen and oxygen atoms in total. The van der Waals surface area contributed by atoms with E-state index in [9.17, 15) is 14.7 Å².